The van der Waals surface area contributed by atoms with Crippen LogP contribution in [-0.2, 0) is 20.2 Å². The summed E-state index contributed by atoms with van der Waals surface area (Å²) in [6.07, 6.45) is 0. The zero-order valence-corrected chi connectivity index (χ0v) is 10.4. The largest absolute Gasteiger partial charge is 0.276 e. The Morgan fingerprint density at radius 2 is 1.67 bits per heavy atom. The molecule has 0 amide bonds. The summed E-state index contributed by atoms with van der Waals surface area (Å²) in [5.41, 5.74) is 0. The molecule has 4 N–H and O–H groups in total. The predicted octanol–water partition coefficient (Wildman–Crippen LogP) is -1.65. The molecule has 92 valence electrons. The number of sulfonamides is 1. The van der Waals surface area contributed by atoms with Crippen LogP contribution >= 0.6 is 0 Å². The van der Waals surface area contributed by atoms with E-state index < -0.39 is 26.0 Å². The summed E-state index contributed by atoms with van der Waals surface area (Å²) in [6.45, 7) is 3.77. The first-order chi connectivity index (χ1) is 6.62. The molecule has 0 aromatic rings. The fraction of sp³-hybridized carbons (Fsp3) is 1.00. The normalized spacial score (nSPS) is 13.3. The van der Waals surface area contributed by atoms with Gasteiger partial charge < -0.3 is 0 Å². The molecule has 0 bridgehead atoms. The van der Waals surface area contributed by atoms with Gasteiger partial charge in [-0.3, -0.25) is 0 Å². The zero-order chi connectivity index (χ0) is 12.1. The van der Waals surface area contributed by atoms with Crippen LogP contribution in [0.1, 0.15) is 13.8 Å². The van der Waals surface area contributed by atoms with Crippen molar-refractivity contribution in [2.75, 3.05) is 18.8 Å². The molecular formula is C6H17N3O4S2. The molecule has 0 rings (SSSR count). The van der Waals surface area contributed by atoms with E-state index in [1.165, 1.54) is 0 Å². The summed E-state index contributed by atoms with van der Waals surface area (Å²) >= 11 is 0. The molecule has 0 heterocycles. The minimum Gasteiger partial charge on any atom is -0.229 e. The van der Waals surface area contributed by atoms with E-state index in [1.807, 2.05) is 13.8 Å². The third-order valence-corrected chi connectivity index (χ3v) is 3.26. The Kier molecular flexibility index (Phi) is 5.67. The van der Waals surface area contributed by atoms with Crippen LogP contribution < -0.4 is 14.6 Å². The number of primary sulfonamides is 1. The van der Waals surface area contributed by atoms with E-state index in [0.717, 1.165) is 0 Å². The smallest absolute Gasteiger partial charge is 0.229 e. The third kappa shape index (κ3) is 10.1. The predicted molar refractivity (Wildman–Crippen MR) is 57.7 cm³/mol. The van der Waals surface area contributed by atoms with Gasteiger partial charge in [0, 0.05) is 13.1 Å². The second-order valence-electron chi connectivity index (χ2n) is 3.51. The fourth-order valence-corrected chi connectivity index (χ4v) is 2.19. The Morgan fingerprint density at radius 3 is 2.07 bits per heavy atom. The topological polar surface area (TPSA) is 118 Å². The van der Waals surface area contributed by atoms with Gasteiger partial charge >= 0.3 is 0 Å². The Hall–Kier alpha value is -0.220. The molecule has 0 aromatic carbocycles. The van der Waals surface area contributed by atoms with E-state index >= 15 is 0 Å². The quantitative estimate of drug-likeness (QED) is 0.508. The molecule has 0 radical (unpaired) electrons. The number of hydrogen-bond donors (Lipinski definition) is 3. The second kappa shape index (κ2) is 5.75. The Morgan fingerprint density at radius 1 is 1.13 bits per heavy atom. The van der Waals surface area contributed by atoms with Crippen LogP contribution in [0.4, 0.5) is 0 Å². The molecule has 0 spiro atoms. The first-order valence-corrected chi connectivity index (χ1v) is 7.57. The van der Waals surface area contributed by atoms with Gasteiger partial charge in [0.25, 0.3) is 10.2 Å². The highest BCUT2D eigenvalue weighted by Gasteiger charge is 2.10. The minimum atomic E-state index is -3.63. The Balaban J connectivity index is 3.96. The molecule has 0 saturated heterocycles. The monoisotopic (exact) mass is 259 g/mol. The van der Waals surface area contributed by atoms with E-state index in [0.29, 0.717) is 6.54 Å². The molecule has 0 aliphatic carbocycles. The first kappa shape index (κ1) is 14.8. The van der Waals surface area contributed by atoms with Gasteiger partial charge in [0.05, 0.1) is 5.75 Å². The lowest BCUT2D eigenvalue weighted by Crippen LogP contribution is -2.40. The lowest BCUT2D eigenvalue weighted by Gasteiger charge is -2.09. The number of nitrogens with one attached hydrogen (secondary N) is 2. The Labute approximate surface area is 90.7 Å². The maximum absolute atomic E-state index is 11.2. The van der Waals surface area contributed by atoms with Gasteiger partial charge in [0.15, 0.2) is 0 Å². The van der Waals surface area contributed by atoms with Crippen LogP contribution in [0.2, 0.25) is 0 Å². The van der Waals surface area contributed by atoms with E-state index in [-0.39, 0.29) is 12.5 Å². The molecule has 0 aliphatic heterocycles. The van der Waals surface area contributed by atoms with Crippen LogP contribution in [0.3, 0.4) is 0 Å². The van der Waals surface area contributed by atoms with Crippen molar-refractivity contribution >= 4 is 20.2 Å². The standard InChI is InChI=1S/C6H17N3O4S2/c1-6(2)5-9-15(12,13)8-3-4-14(7,10)11/h6,8-9H,3-5H2,1-2H3,(H2,7,10,11). The lowest BCUT2D eigenvalue weighted by atomic mass is 10.2. The molecule has 0 atom stereocenters. The summed E-state index contributed by atoms with van der Waals surface area (Å²) < 4.78 is 47.7. The van der Waals surface area contributed by atoms with E-state index in [2.05, 4.69) is 9.44 Å². The van der Waals surface area contributed by atoms with Gasteiger partial charge in [-0.25, -0.2) is 23.0 Å². The molecule has 7 nitrogen and oxygen atoms in total. The molecule has 0 saturated carbocycles. The maximum Gasteiger partial charge on any atom is 0.276 e. The number of hydrogen-bond acceptors (Lipinski definition) is 4. The molecule has 15 heavy (non-hydrogen) atoms. The van der Waals surface area contributed by atoms with E-state index in [4.69, 9.17) is 5.14 Å². The summed E-state index contributed by atoms with van der Waals surface area (Å²) in [5.74, 6) is -0.241. The van der Waals surface area contributed by atoms with Gasteiger partial charge in [-0.05, 0) is 5.92 Å². The van der Waals surface area contributed by atoms with Crippen LogP contribution in [-0.4, -0.2) is 35.7 Å². The summed E-state index contributed by atoms with van der Waals surface area (Å²) in [4.78, 5) is 0. The van der Waals surface area contributed by atoms with Crippen molar-refractivity contribution in [3.63, 3.8) is 0 Å². The fourth-order valence-electron chi connectivity index (χ4n) is 0.646. The van der Waals surface area contributed by atoms with Gasteiger partial charge in [-0.1, -0.05) is 13.8 Å². The van der Waals surface area contributed by atoms with Gasteiger partial charge in [-0.15, -0.1) is 0 Å². The van der Waals surface area contributed by atoms with Crippen LogP contribution in [0.15, 0.2) is 0 Å². The minimum absolute atomic E-state index is 0.180. The maximum atomic E-state index is 11.2. The highest BCUT2D eigenvalue weighted by Crippen LogP contribution is 1.88. The van der Waals surface area contributed by atoms with Crippen molar-refractivity contribution in [1.29, 1.82) is 0 Å². The highest BCUT2D eigenvalue weighted by atomic mass is 32.2. The first-order valence-electron chi connectivity index (χ1n) is 4.37. The van der Waals surface area contributed by atoms with Crippen molar-refractivity contribution in [2.45, 2.75) is 13.8 Å². The van der Waals surface area contributed by atoms with Crippen LogP contribution in [0, 0.1) is 5.92 Å². The van der Waals surface area contributed by atoms with Gasteiger partial charge in [0.1, 0.15) is 0 Å². The molecule has 9 heteroatoms. The van der Waals surface area contributed by atoms with Crippen LogP contribution in [0.5, 0.6) is 0 Å². The SMILES string of the molecule is CC(C)CNS(=O)(=O)NCCS(N)(=O)=O. The van der Waals surface area contributed by atoms with Crippen molar-refractivity contribution in [3.8, 4) is 0 Å². The number of nitrogens with two attached hydrogens (primary N) is 1. The van der Waals surface area contributed by atoms with Crippen molar-refractivity contribution in [1.82, 2.24) is 9.44 Å². The lowest BCUT2D eigenvalue weighted by molar-refractivity contribution is 0.548. The second-order valence-corrected chi connectivity index (χ2v) is 6.83. The highest BCUT2D eigenvalue weighted by molar-refractivity contribution is 7.89. The van der Waals surface area contributed by atoms with Gasteiger partial charge in [0.2, 0.25) is 10.0 Å². The van der Waals surface area contributed by atoms with Crippen molar-refractivity contribution in [2.24, 2.45) is 11.1 Å². The molecule has 0 unspecified atom stereocenters. The average molecular weight is 259 g/mol. The van der Waals surface area contributed by atoms with Crippen molar-refractivity contribution in [3.05, 3.63) is 0 Å². The number of rotatable bonds is 7. The molecule has 0 aliphatic rings. The summed E-state index contributed by atoms with van der Waals surface area (Å²) in [6, 6.07) is 0. The van der Waals surface area contributed by atoms with Gasteiger partial charge in [-0.2, -0.15) is 8.42 Å². The molecule has 0 aromatic heterocycles. The van der Waals surface area contributed by atoms with E-state index in [9.17, 15) is 16.8 Å². The van der Waals surface area contributed by atoms with Crippen LogP contribution in [0.25, 0.3) is 0 Å². The zero-order valence-electron chi connectivity index (χ0n) is 8.73. The summed E-state index contributed by atoms with van der Waals surface area (Å²) in [5, 5.41) is 4.70. The molecular weight excluding hydrogens is 242 g/mol. The average Bonchev–Trinajstić information content (AvgIpc) is 1.98. The van der Waals surface area contributed by atoms with E-state index in [1.54, 1.807) is 0 Å². The Bertz CT molecular complexity index is 373. The molecule has 0 fully saturated rings. The third-order valence-electron chi connectivity index (χ3n) is 1.36. The summed E-state index contributed by atoms with van der Waals surface area (Å²) in [7, 11) is -7.25. The van der Waals surface area contributed by atoms with Crippen molar-refractivity contribution < 1.29 is 16.8 Å².